The number of sulfone groups is 1. The van der Waals surface area contributed by atoms with Crippen LogP contribution in [0.2, 0.25) is 5.02 Å². The third-order valence-corrected chi connectivity index (χ3v) is 7.41. The van der Waals surface area contributed by atoms with E-state index in [1.54, 1.807) is 0 Å². The molecule has 0 fully saturated rings. The standard InChI is InChI=1S/C20H18ClN5O3S2/c1-11-5-6-16(9-17(11)21)26-12(2)7-14(13(26)3)8-15(10-22)18(27)23-19-24-25-20(30-19)31(4,28)29/h5-9H,1-4H3,(H,23,24,27)/b15-8-. The van der Waals surface area contributed by atoms with Crippen LogP contribution in [0.3, 0.4) is 0 Å². The maximum atomic E-state index is 12.5. The van der Waals surface area contributed by atoms with E-state index in [1.807, 2.05) is 55.7 Å². The number of nitrogens with one attached hydrogen (secondary N) is 1. The van der Waals surface area contributed by atoms with Gasteiger partial charge in [0.2, 0.25) is 19.3 Å². The maximum Gasteiger partial charge on any atom is 0.268 e. The van der Waals surface area contributed by atoms with E-state index in [0.717, 1.165) is 28.9 Å². The molecule has 31 heavy (non-hydrogen) atoms. The van der Waals surface area contributed by atoms with E-state index >= 15 is 0 Å². The van der Waals surface area contributed by atoms with Gasteiger partial charge >= 0.3 is 0 Å². The first-order chi connectivity index (χ1) is 14.5. The zero-order valence-electron chi connectivity index (χ0n) is 17.1. The molecule has 1 amide bonds. The Morgan fingerprint density at radius 2 is 1.97 bits per heavy atom. The van der Waals surface area contributed by atoms with Crippen LogP contribution in [-0.2, 0) is 14.6 Å². The van der Waals surface area contributed by atoms with E-state index in [1.165, 1.54) is 6.08 Å². The molecule has 0 spiro atoms. The number of aromatic nitrogens is 3. The Hall–Kier alpha value is -3.00. The lowest BCUT2D eigenvalue weighted by molar-refractivity contribution is -0.112. The van der Waals surface area contributed by atoms with Crippen LogP contribution in [0, 0.1) is 32.1 Å². The first-order valence-corrected chi connectivity index (χ1v) is 12.0. The number of aryl methyl sites for hydroxylation is 2. The van der Waals surface area contributed by atoms with Crippen molar-refractivity contribution in [1.29, 1.82) is 5.26 Å². The predicted molar refractivity (Wildman–Crippen MR) is 120 cm³/mol. The van der Waals surface area contributed by atoms with Crippen LogP contribution in [0.1, 0.15) is 22.5 Å². The molecule has 1 aromatic carbocycles. The number of anilines is 1. The number of carbonyl (C=O) groups is 1. The summed E-state index contributed by atoms with van der Waals surface area (Å²) in [5, 5.41) is 19.7. The highest BCUT2D eigenvalue weighted by Gasteiger charge is 2.18. The van der Waals surface area contributed by atoms with E-state index in [4.69, 9.17) is 11.6 Å². The van der Waals surface area contributed by atoms with Crippen molar-refractivity contribution >= 4 is 49.9 Å². The van der Waals surface area contributed by atoms with Crippen molar-refractivity contribution in [2.45, 2.75) is 25.1 Å². The quantitative estimate of drug-likeness (QED) is 0.340. The summed E-state index contributed by atoms with van der Waals surface area (Å²) in [5.41, 5.74) is 4.10. The number of nitrogens with zero attached hydrogens (tertiary/aromatic N) is 4. The fourth-order valence-electron chi connectivity index (χ4n) is 2.93. The molecule has 0 atom stereocenters. The fraction of sp³-hybridized carbons (Fsp3) is 0.200. The number of halogens is 1. The molecule has 0 aliphatic heterocycles. The molecule has 0 aliphatic carbocycles. The lowest BCUT2D eigenvalue weighted by Crippen LogP contribution is -2.13. The van der Waals surface area contributed by atoms with Crippen LogP contribution in [-0.4, -0.2) is 35.3 Å². The van der Waals surface area contributed by atoms with Crippen molar-refractivity contribution < 1.29 is 13.2 Å². The van der Waals surface area contributed by atoms with Gasteiger partial charge in [0.1, 0.15) is 11.6 Å². The monoisotopic (exact) mass is 475 g/mol. The van der Waals surface area contributed by atoms with Crippen LogP contribution < -0.4 is 5.32 Å². The topological polar surface area (TPSA) is 118 Å². The van der Waals surface area contributed by atoms with Crippen molar-refractivity contribution in [1.82, 2.24) is 14.8 Å². The van der Waals surface area contributed by atoms with E-state index in [0.29, 0.717) is 21.9 Å². The third kappa shape index (κ3) is 4.85. The summed E-state index contributed by atoms with van der Waals surface area (Å²) in [5.74, 6) is -0.707. The Kier molecular flexibility index (Phi) is 6.31. The van der Waals surface area contributed by atoms with Gasteiger partial charge in [-0.1, -0.05) is 29.0 Å². The van der Waals surface area contributed by atoms with Gasteiger partial charge in [-0.25, -0.2) is 8.42 Å². The Labute approximate surface area is 188 Å². The molecule has 0 bridgehead atoms. The molecule has 8 nitrogen and oxygen atoms in total. The normalized spacial score (nSPS) is 11.9. The van der Waals surface area contributed by atoms with Gasteiger partial charge < -0.3 is 4.57 Å². The molecule has 0 unspecified atom stereocenters. The fourth-order valence-corrected chi connectivity index (χ4v) is 4.61. The minimum absolute atomic E-state index is 0.00801. The summed E-state index contributed by atoms with van der Waals surface area (Å²) in [6.45, 7) is 5.71. The molecular weight excluding hydrogens is 458 g/mol. The number of hydrogen-bond acceptors (Lipinski definition) is 7. The van der Waals surface area contributed by atoms with Gasteiger partial charge in [0.05, 0.1) is 0 Å². The summed E-state index contributed by atoms with van der Waals surface area (Å²) in [6.07, 6.45) is 2.47. The number of nitriles is 1. The molecule has 1 N–H and O–H groups in total. The van der Waals surface area contributed by atoms with Gasteiger partial charge in [-0.3, -0.25) is 10.1 Å². The first kappa shape index (κ1) is 22.7. The van der Waals surface area contributed by atoms with Crippen LogP contribution in [0.4, 0.5) is 5.13 Å². The van der Waals surface area contributed by atoms with Gasteiger partial charge in [0.25, 0.3) is 5.91 Å². The minimum atomic E-state index is -3.53. The molecular formula is C20H18ClN5O3S2. The summed E-state index contributed by atoms with van der Waals surface area (Å²) < 4.78 is 24.8. The number of benzene rings is 1. The molecule has 0 aliphatic rings. The summed E-state index contributed by atoms with van der Waals surface area (Å²) in [6, 6.07) is 9.47. The first-order valence-electron chi connectivity index (χ1n) is 8.93. The second-order valence-corrected chi connectivity index (χ2v) is 10.4. The molecule has 2 heterocycles. The Bertz CT molecular complexity index is 1360. The molecule has 0 saturated heterocycles. The lowest BCUT2D eigenvalue weighted by atomic mass is 10.1. The zero-order chi connectivity index (χ0) is 22.9. The van der Waals surface area contributed by atoms with Crippen LogP contribution in [0.25, 0.3) is 11.8 Å². The van der Waals surface area contributed by atoms with E-state index < -0.39 is 15.7 Å². The second-order valence-electron chi connectivity index (χ2n) is 6.86. The van der Waals surface area contributed by atoms with Crippen molar-refractivity contribution in [2.24, 2.45) is 0 Å². The average molecular weight is 476 g/mol. The van der Waals surface area contributed by atoms with Gasteiger partial charge in [-0.2, -0.15) is 5.26 Å². The predicted octanol–water partition coefficient (Wildman–Crippen LogP) is 3.86. The summed E-state index contributed by atoms with van der Waals surface area (Å²) >= 11 is 6.98. The third-order valence-electron chi connectivity index (χ3n) is 4.49. The van der Waals surface area contributed by atoms with Crippen LogP contribution in [0.5, 0.6) is 0 Å². The maximum absolute atomic E-state index is 12.5. The molecule has 3 rings (SSSR count). The average Bonchev–Trinajstić information content (AvgIpc) is 3.26. The highest BCUT2D eigenvalue weighted by Crippen LogP contribution is 2.26. The van der Waals surface area contributed by atoms with E-state index in [2.05, 4.69) is 15.5 Å². The van der Waals surface area contributed by atoms with Crippen LogP contribution >= 0.6 is 22.9 Å². The summed E-state index contributed by atoms with van der Waals surface area (Å²) in [4.78, 5) is 12.5. The van der Waals surface area contributed by atoms with Crippen molar-refractivity contribution in [3.63, 3.8) is 0 Å². The van der Waals surface area contributed by atoms with E-state index in [-0.39, 0.29) is 15.0 Å². The molecule has 3 aromatic rings. The molecule has 2 aromatic heterocycles. The number of rotatable bonds is 5. The Morgan fingerprint density at radius 3 is 2.55 bits per heavy atom. The molecule has 160 valence electrons. The number of hydrogen-bond donors (Lipinski definition) is 1. The number of carbonyl (C=O) groups excluding carboxylic acids is 1. The lowest BCUT2D eigenvalue weighted by Gasteiger charge is -2.11. The summed E-state index contributed by atoms with van der Waals surface area (Å²) in [7, 11) is -3.53. The molecule has 0 saturated carbocycles. The second kappa shape index (κ2) is 8.63. The van der Waals surface area contributed by atoms with Crippen molar-refractivity contribution in [3.05, 3.63) is 57.4 Å². The highest BCUT2D eigenvalue weighted by atomic mass is 35.5. The number of amides is 1. The SMILES string of the molecule is Cc1ccc(-n2c(C)cc(/C=C(/C#N)C(=O)Nc3nnc(S(C)(=O)=O)s3)c2C)cc1Cl. The molecule has 0 radical (unpaired) electrons. The zero-order valence-corrected chi connectivity index (χ0v) is 19.5. The largest absolute Gasteiger partial charge is 0.318 e. The van der Waals surface area contributed by atoms with Gasteiger partial charge in [0, 0.05) is 28.4 Å². The smallest absolute Gasteiger partial charge is 0.268 e. The Balaban J connectivity index is 1.92. The van der Waals surface area contributed by atoms with Gasteiger partial charge in [0.15, 0.2) is 0 Å². The Morgan fingerprint density at radius 1 is 1.26 bits per heavy atom. The van der Waals surface area contributed by atoms with E-state index in [9.17, 15) is 18.5 Å². The van der Waals surface area contributed by atoms with Crippen LogP contribution in [0.15, 0.2) is 34.2 Å². The molecule has 11 heteroatoms. The minimum Gasteiger partial charge on any atom is -0.318 e. The highest BCUT2D eigenvalue weighted by molar-refractivity contribution is 7.92. The van der Waals surface area contributed by atoms with Crippen molar-refractivity contribution in [3.8, 4) is 11.8 Å². The van der Waals surface area contributed by atoms with Gasteiger partial charge in [-0.05, 0) is 56.2 Å². The van der Waals surface area contributed by atoms with Gasteiger partial charge in [-0.15, -0.1) is 10.2 Å². The van der Waals surface area contributed by atoms with Crippen molar-refractivity contribution in [2.75, 3.05) is 11.6 Å².